The van der Waals surface area contributed by atoms with Gasteiger partial charge in [-0.2, -0.15) is 0 Å². The highest BCUT2D eigenvalue weighted by Crippen LogP contribution is 2.30. The molecule has 1 saturated heterocycles. The molecule has 29 heavy (non-hydrogen) atoms. The molecule has 6 heteroatoms. The van der Waals surface area contributed by atoms with Crippen molar-refractivity contribution in [1.82, 2.24) is 14.8 Å². The molecule has 0 aliphatic carbocycles. The van der Waals surface area contributed by atoms with E-state index in [1.807, 2.05) is 30.0 Å². The van der Waals surface area contributed by atoms with Crippen molar-refractivity contribution in [3.63, 3.8) is 0 Å². The van der Waals surface area contributed by atoms with Crippen molar-refractivity contribution in [3.8, 4) is 0 Å². The largest absolute Gasteiger partial charge is 0.379 e. The van der Waals surface area contributed by atoms with Crippen molar-refractivity contribution in [2.45, 2.75) is 52.6 Å². The van der Waals surface area contributed by atoms with Gasteiger partial charge in [0.2, 0.25) is 0 Å². The molecule has 1 fully saturated rings. The first kappa shape index (κ1) is 21.9. The summed E-state index contributed by atoms with van der Waals surface area (Å²) in [6.45, 7) is 15.4. The molecule has 0 bridgehead atoms. The molecule has 2 aromatic rings. The van der Waals surface area contributed by atoms with Gasteiger partial charge in [0.25, 0.3) is 5.91 Å². The second-order valence-electron chi connectivity index (χ2n) is 8.86. The minimum Gasteiger partial charge on any atom is -0.379 e. The number of thiazole rings is 1. The number of hydrogen-bond donors (Lipinski definition) is 0. The number of rotatable bonds is 6. The van der Waals surface area contributed by atoms with Gasteiger partial charge < -0.3 is 9.64 Å². The Kier molecular flexibility index (Phi) is 7.09. The smallest absolute Gasteiger partial charge is 0.266 e. The van der Waals surface area contributed by atoms with Gasteiger partial charge in [-0.15, -0.1) is 11.3 Å². The molecule has 1 amide bonds. The number of nitrogens with zero attached hydrogens (tertiary/aromatic N) is 3. The number of benzene rings is 1. The second-order valence-corrected chi connectivity index (χ2v) is 9.86. The monoisotopic (exact) mass is 415 g/mol. The van der Waals surface area contributed by atoms with E-state index in [2.05, 4.69) is 44.7 Å². The molecule has 0 spiro atoms. The summed E-state index contributed by atoms with van der Waals surface area (Å²) in [4.78, 5) is 23.5. The molecule has 1 aromatic carbocycles. The highest BCUT2D eigenvalue weighted by Gasteiger charge is 2.29. The molecule has 0 radical (unpaired) electrons. The van der Waals surface area contributed by atoms with Crippen LogP contribution in [0.2, 0.25) is 0 Å². The molecule has 158 valence electrons. The van der Waals surface area contributed by atoms with E-state index in [1.54, 1.807) is 11.3 Å². The Balaban J connectivity index is 1.85. The third-order valence-electron chi connectivity index (χ3n) is 5.25. The molecule has 1 aliphatic rings. The Morgan fingerprint density at radius 1 is 1.24 bits per heavy atom. The number of aryl methyl sites for hydroxylation is 1. The lowest BCUT2D eigenvalue weighted by Gasteiger charge is -2.35. The van der Waals surface area contributed by atoms with Gasteiger partial charge in [-0.1, -0.05) is 51.1 Å². The number of amides is 1. The molecule has 5 nitrogen and oxygen atoms in total. The van der Waals surface area contributed by atoms with Crippen LogP contribution in [-0.2, 0) is 16.7 Å². The Hall–Kier alpha value is -1.76. The van der Waals surface area contributed by atoms with Crippen LogP contribution in [0.15, 0.2) is 30.3 Å². The molecule has 1 aliphatic heterocycles. The summed E-state index contributed by atoms with van der Waals surface area (Å²) in [5.74, 6) is 0.0834. The normalized spacial score (nSPS) is 16.6. The van der Waals surface area contributed by atoms with Crippen LogP contribution in [0.25, 0.3) is 0 Å². The highest BCUT2D eigenvalue weighted by molar-refractivity contribution is 7.14. The third-order valence-corrected chi connectivity index (χ3v) is 6.82. The van der Waals surface area contributed by atoms with Crippen molar-refractivity contribution in [2.24, 2.45) is 0 Å². The molecule has 1 atom stereocenters. The van der Waals surface area contributed by atoms with E-state index in [1.165, 1.54) is 0 Å². The summed E-state index contributed by atoms with van der Waals surface area (Å²) in [7, 11) is 0. The van der Waals surface area contributed by atoms with E-state index < -0.39 is 0 Å². The van der Waals surface area contributed by atoms with Crippen molar-refractivity contribution in [3.05, 3.63) is 51.5 Å². The molecule has 0 N–H and O–H groups in total. The summed E-state index contributed by atoms with van der Waals surface area (Å²) >= 11 is 1.54. The summed E-state index contributed by atoms with van der Waals surface area (Å²) in [6.07, 6.45) is 0. The average Bonchev–Trinajstić information content (AvgIpc) is 3.09. The first-order valence-electron chi connectivity index (χ1n) is 10.4. The Bertz CT molecular complexity index is 807. The first-order chi connectivity index (χ1) is 13.8. The van der Waals surface area contributed by atoms with Crippen LogP contribution in [0.4, 0.5) is 0 Å². The van der Waals surface area contributed by atoms with Gasteiger partial charge in [0.15, 0.2) is 0 Å². The van der Waals surface area contributed by atoms with Gasteiger partial charge >= 0.3 is 0 Å². The zero-order valence-corrected chi connectivity index (χ0v) is 19.1. The van der Waals surface area contributed by atoms with Crippen LogP contribution in [0, 0.1) is 6.92 Å². The minimum atomic E-state index is -0.0579. The van der Waals surface area contributed by atoms with Crippen molar-refractivity contribution in [1.29, 1.82) is 0 Å². The Labute approximate surface area is 178 Å². The van der Waals surface area contributed by atoms with E-state index in [9.17, 15) is 4.79 Å². The lowest BCUT2D eigenvalue weighted by atomic mass is 9.98. The fourth-order valence-corrected chi connectivity index (χ4v) is 4.59. The van der Waals surface area contributed by atoms with Crippen LogP contribution >= 0.6 is 11.3 Å². The Morgan fingerprint density at radius 2 is 1.90 bits per heavy atom. The van der Waals surface area contributed by atoms with E-state index >= 15 is 0 Å². The summed E-state index contributed by atoms with van der Waals surface area (Å²) in [5.41, 5.74) is 1.92. The number of ether oxygens (including phenoxy) is 1. The summed E-state index contributed by atoms with van der Waals surface area (Å²) in [5, 5.41) is 1.01. The van der Waals surface area contributed by atoms with Crippen molar-refractivity contribution < 1.29 is 9.53 Å². The average molecular weight is 416 g/mol. The van der Waals surface area contributed by atoms with Crippen LogP contribution in [0.3, 0.4) is 0 Å². The maximum Gasteiger partial charge on any atom is 0.266 e. The quantitative estimate of drug-likeness (QED) is 0.712. The van der Waals surface area contributed by atoms with E-state index in [4.69, 9.17) is 9.72 Å². The fraction of sp³-hybridized carbons (Fsp3) is 0.565. The first-order valence-corrected chi connectivity index (χ1v) is 11.2. The van der Waals surface area contributed by atoms with Gasteiger partial charge in [0.05, 0.1) is 23.9 Å². The zero-order valence-electron chi connectivity index (χ0n) is 18.3. The maximum atomic E-state index is 13.6. The second kappa shape index (κ2) is 9.37. The maximum absolute atomic E-state index is 13.6. The number of hydrogen-bond acceptors (Lipinski definition) is 5. The van der Waals surface area contributed by atoms with Gasteiger partial charge in [-0.25, -0.2) is 4.98 Å². The highest BCUT2D eigenvalue weighted by atomic mass is 32.1. The van der Waals surface area contributed by atoms with Crippen LogP contribution in [-0.4, -0.2) is 59.6 Å². The standard InChI is InChI=1S/C23H33N3O2S/c1-17(15-25-11-13-28-14-12-25)26(16-19-9-7-6-8-10-19)21(27)20-18(2)24-22(29-20)23(3,4)5/h6-10,17H,11-16H2,1-5H3. The SMILES string of the molecule is Cc1nc(C(C)(C)C)sc1C(=O)N(Cc1ccccc1)C(C)CN1CCOCC1. The summed E-state index contributed by atoms with van der Waals surface area (Å²) < 4.78 is 5.48. The molecule has 3 rings (SSSR count). The van der Waals surface area contributed by atoms with E-state index in [0.29, 0.717) is 6.54 Å². The van der Waals surface area contributed by atoms with Crippen LogP contribution < -0.4 is 0 Å². The molecule has 1 unspecified atom stereocenters. The lowest BCUT2D eigenvalue weighted by molar-refractivity contribution is 0.0229. The van der Waals surface area contributed by atoms with E-state index in [0.717, 1.165) is 54.0 Å². The van der Waals surface area contributed by atoms with Gasteiger partial charge in [-0.05, 0) is 19.4 Å². The number of aromatic nitrogens is 1. The molecule has 2 heterocycles. The zero-order chi connectivity index (χ0) is 21.0. The minimum absolute atomic E-state index is 0.0579. The van der Waals surface area contributed by atoms with Gasteiger partial charge in [0.1, 0.15) is 4.88 Å². The molecular formula is C23H33N3O2S. The summed E-state index contributed by atoms with van der Waals surface area (Å²) in [6, 6.07) is 10.3. The lowest BCUT2D eigenvalue weighted by Crippen LogP contribution is -2.47. The van der Waals surface area contributed by atoms with Crippen molar-refractivity contribution >= 4 is 17.2 Å². The van der Waals surface area contributed by atoms with Gasteiger partial charge in [-0.3, -0.25) is 9.69 Å². The topological polar surface area (TPSA) is 45.7 Å². The third kappa shape index (κ3) is 5.65. The Morgan fingerprint density at radius 3 is 2.48 bits per heavy atom. The number of carbonyl (C=O) groups is 1. The number of morpholine rings is 1. The fourth-order valence-electron chi connectivity index (χ4n) is 3.51. The van der Waals surface area contributed by atoms with E-state index in [-0.39, 0.29) is 17.4 Å². The van der Waals surface area contributed by atoms with Crippen LogP contribution in [0.1, 0.15) is 53.6 Å². The number of carbonyl (C=O) groups excluding carboxylic acids is 1. The molecule has 0 saturated carbocycles. The van der Waals surface area contributed by atoms with Crippen molar-refractivity contribution in [2.75, 3.05) is 32.8 Å². The molecular weight excluding hydrogens is 382 g/mol. The molecule has 1 aromatic heterocycles. The predicted octanol–water partition coefficient (Wildman–Crippen LogP) is 4.11. The van der Waals surface area contributed by atoms with Crippen LogP contribution in [0.5, 0.6) is 0 Å². The predicted molar refractivity (Wildman–Crippen MR) is 119 cm³/mol. The van der Waals surface area contributed by atoms with Gasteiger partial charge in [0, 0.05) is 37.6 Å².